The Hall–Kier alpha value is -3.68. The number of carbonyl (C=O) groups is 2. The van der Waals surface area contributed by atoms with Gasteiger partial charge in [0, 0.05) is 29.9 Å². The van der Waals surface area contributed by atoms with E-state index < -0.39 is 11.7 Å². The van der Waals surface area contributed by atoms with Gasteiger partial charge < -0.3 is 24.8 Å². The molecule has 0 aliphatic rings. The summed E-state index contributed by atoms with van der Waals surface area (Å²) in [7, 11) is 1.59. The maximum Gasteiger partial charge on any atom is 0.418 e. The highest BCUT2D eigenvalue weighted by atomic mass is 16.6. The van der Waals surface area contributed by atoms with Crippen LogP contribution in [-0.4, -0.2) is 36.0 Å². The highest BCUT2D eigenvalue weighted by Gasteiger charge is 2.19. The predicted molar refractivity (Wildman–Crippen MR) is 137 cm³/mol. The molecule has 0 radical (unpaired) electrons. The van der Waals surface area contributed by atoms with Crippen LogP contribution in [0, 0.1) is 0 Å². The molecule has 188 valence electrons. The minimum atomic E-state index is -0.590. The van der Waals surface area contributed by atoms with E-state index in [1.165, 1.54) is 4.57 Å². The highest BCUT2D eigenvalue weighted by Crippen LogP contribution is 2.30. The summed E-state index contributed by atoms with van der Waals surface area (Å²) in [4.78, 5) is 25.1. The van der Waals surface area contributed by atoms with Crippen molar-refractivity contribution in [1.29, 1.82) is 0 Å². The lowest BCUT2D eigenvalue weighted by Crippen LogP contribution is -2.28. The molecule has 0 spiro atoms. The first-order chi connectivity index (χ1) is 16.7. The van der Waals surface area contributed by atoms with Crippen LogP contribution in [0.4, 0.5) is 15.3 Å². The van der Waals surface area contributed by atoms with Gasteiger partial charge in [0.1, 0.15) is 5.60 Å². The first-order valence-corrected chi connectivity index (χ1v) is 11.9. The van der Waals surface area contributed by atoms with Gasteiger partial charge >= 0.3 is 12.1 Å². The molecule has 8 heteroatoms. The predicted octanol–water partition coefficient (Wildman–Crippen LogP) is 6.32. The van der Waals surface area contributed by atoms with Crippen molar-refractivity contribution in [2.75, 3.05) is 19.0 Å². The zero-order chi connectivity index (χ0) is 25.4. The van der Waals surface area contributed by atoms with Crippen molar-refractivity contribution in [3.63, 3.8) is 0 Å². The van der Waals surface area contributed by atoms with Crippen LogP contribution >= 0.6 is 0 Å². The first kappa shape index (κ1) is 25.9. The Morgan fingerprint density at radius 3 is 2.54 bits per heavy atom. The molecule has 1 heterocycles. The van der Waals surface area contributed by atoms with Crippen LogP contribution in [0.15, 0.2) is 48.7 Å². The summed E-state index contributed by atoms with van der Waals surface area (Å²) in [5, 5.41) is 6.58. The van der Waals surface area contributed by atoms with E-state index in [1.54, 1.807) is 31.5 Å². The average Bonchev–Trinajstić information content (AvgIpc) is 3.25. The number of nitrogens with zero attached hydrogens (tertiary/aromatic N) is 1. The van der Waals surface area contributed by atoms with E-state index in [0.29, 0.717) is 23.8 Å². The summed E-state index contributed by atoms with van der Waals surface area (Å²) in [6, 6.07) is 12.4. The van der Waals surface area contributed by atoms with E-state index in [9.17, 15) is 9.59 Å². The second kappa shape index (κ2) is 11.6. The Kier molecular flexibility index (Phi) is 8.63. The van der Waals surface area contributed by atoms with Crippen molar-refractivity contribution in [3.8, 4) is 11.5 Å². The van der Waals surface area contributed by atoms with E-state index in [-0.39, 0.29) is 12.6 Å². The van der Waals surface area contributed by atoms with E-state index in [0.717, 1.165) is 35.7 Å². The number of hydrogen-bond donors (Lipinski definition) is 2. The summed E-state index contributed by atoms with van der Waals surface area (Å²) in [6.07, 6.45) is 4.40. The van der Waals surface area contributed by atoms with Gasteiger partial charge in [-0.3, -0.25) is 4.57 Å². The normalized spacial score (nSPS) is 11.2. The largest absolute Gasteiger partial charge is 0.493 e. The molecule has 0 saturated heterocycles. The molecule has 0 fully saturated rings. The van der Waals surface area contributed by atoms with Crippen molar-refractivity contribution >= 4 is 28.7 Å². The molecule has 3 aromatic rings. The summed E-state index contributed by atoms with van der Waals surface area (Å²) in [5.74, 6) is 1.21. The SMILES string of the molecule is CCCCCOc1cc(NC(=O)NCc2cccc3c2ccn3C(=O)OC(C)(C)C)ccc1OC. The number of fused-ring (bicyclic) bond motifs is 1. The van der Waals surface area contributed by atoms with Crippen molar-refractivity contribution < 1.29 is 23.8 Å². The Morgan fingerprint density at radius 1 is 1.03 bits per heavy atom. The van der Waals surface area contributed by atoms with Crippen LogP contribution in [0.25, 0.3) is 10.9 Å². The molecule has 0 bridgehead atoms. The van der Waals surface area contributed by atoms with Crippen molar-refractivity contribution in [2.45, 2.75) is 59.1 Å². The van der Waals surface area contributed by atoms with Gasteiger partial charge in [-0.05, 0) is 57.0 Å². The van der Waals surface area contributed by atoms with Gasteiger partial charge in [-0.1, -0.05) is 31.9 Å². The Labute approximate surface area is 206 Å². The smallest absolute Gasteiger partial charge is 0.418 e. The number of benzene rings is 2. The number of aromatic nitrogens is 1. The monoisotopic (exact) mass is 481 g/mol. The Bertz CT molecular complexity index is 1160. The number of anilines is 1. The van der Waals surface area contributed by atoms with Crippen LogP contribution < -0.4 is 20.1 Å². The summed E-state index contributed by atoms with van der Waals surface area (Å²) < 4.78 is 18.2. The molecule has 0 unspecified atom stereocenters. The third kappa shape index (κ3) is 7.15. The van der Waals surface area contributed by atoms with Crippen molar-refractivity contribution in [3.05, 3.63) is 54.2 Å². The number of unbranched alkanes of at least 4 members (excludes halogenated alkanes) is 2. The van der Waals surface area contributed by atoms with Crippen molar-refractivity contribution in [2.24, 2.45) is 0 Å². The topological polar surface area (TPSA) is 90.8 Å². The van der Waals surface area contributed by atoms with E-state index in [4.69, 9.17) is 14.2 Å². The molecule has 8 nitrogen and oxygen atoms in total. The molecular formula is C27H35N3O5. The lowest BCUT2D eigenvalue weighted by Gasteiger charge is -2.19. The molecular weight excluding hydrogens is 446 g/mol. The Morgan fingerprint density at radius 2 is 1.83 bits per heavy atom. The second-order valence-electron chi connectivity index (χ2n) is 9.24. The number of carbonyl (C=O) groups excluding carboxylic acids is 2. The summed E-state index contributed by atoms with van der Waals surface area (Å²) in [5.41, 5.74) is 1.61. The molecule has 1 aromatic heterocycles. The van der Waals surface area contributed by atoms with Gasteiger partial charge in [0.25, 0.3) is 0 Å². The van der Waals surface area contributed by atoms with Gasteiger partial charge in [0.15, 0.2) is 11.5 Å². The molecule has 2 N–H and O–H groups in total. The standard InChI is InChI=1S/C27H35N3O5/c1-6-7-8-16-34-24-17-20(12-13-23(24)33-5)29-25(31)28-18-19-10-9-11-22-21(19)14-15-30(22)26(32)35-27(2,3)4/h9-15,17H,6-8,16,18H2,1-5H3,(H2,28,29,31). The maximum atomic E-state index is 12.6. The van der Waals surface area contributed by atoms with Crippen molar-refractivity contribution in [1.82, 2.24) is 9.88 Å². The fraction of sp³-hybridized carbons (Fsp3) is 0.407. The number of hydrogen-bond acceptors (Lipinski definition) is 5. The fourth-order valence-corrected chi connectivity index (χ4v) is 3.61. The van der Waals surface area contributed by atoms with E-state index in [1.807, 2.05) is 45.0 Å². The number of urea groups is 1. The molecule has 2 amide bonds. The zero-order valence-electron chi connectivity index (χ0n) is 21.1. The van der Waals surface area contributed by atoms with E-state index in [2.05, 4.69) is 17.6 Å². The highest BCUT2D eigenvalue weighted by molar-refractivity contribution is 5.93. The molecule has 0 atom stereocenters. The average molecular weight is 482 g/mol. The van der Waals surface area contributed by atoms with Crippen LogP contribution in [0.2, 0.25) is 0 Å². The van der Waals surface area contributed by atoms with Crippen LogP contribution in [0.1, 0.15) is 52.5 Å². The molecule has 0 aliphatic heterocycles. The summed E-state index contributed by atoms with van der Waals surface area (Å²) in [6.45, 7) is 8.50. The third-order valence-corrected chi connectivity index (χ3v) is 5.28. The second-order valence-corrected chi connectivity index (χ2v) is 9.24. The Balaban J connectivity index is 1.65. The van der Waals surface area contributed by atoms with Crippen LogP contribution in [0.3, 0.4) is 0 Å². The zero-order valence-corrected chi connectivity index (χ0v) is 21.1. The quantitative estimate of drug-likeness (QED) is 0.349. The molecule has 0 saturated carbocycles. The fourth-order valence-electron chi connectivity index (χ4n) is 3.61. The first-order valence-electron chi connectivity index (χ1n) is 11.9. The minimum Gasteiger partial charge on any atom is -0.493 e. The van der Waals surface area contributed by atoms with Crippen LogP contribution in [-0.2, 0) is 11.3 Å². The van der Waals surface area contributed by atoms with Gasteiger partial charge in [-0.2, -0.15) is 0 Å². The molecule has 3 rings (SSSR count). The molecule has 2 aromatic carbocycles. The molecule has 35 heavy (non-hydrogen) atoms. The van der Waals surface area contributed by atoms with E-state index >= 15 is 0 Å². The minimum absolute atomic E-state index is 0.290. The third-order valence-electron chi connectivity index (χ3n) is 5.28. The lowest BCUT2D eigenvalue weighted by atomic mass is 10.1. The number of methoxy groups -OCH3 is 1. The number of amides is 2. The van der Waals surface area contributed by atoms with Gasteiger partial charge in [0.2, 0.25) is 0 Å². The molecule has 0 aliphatic carbocycles. The van der Waals surface area contributed by atoms with Crippen LogP contribution in [0.5, 0.6) is 11.5 Å². The van der Waals surface area contributed by atoms with Gasteiger partial charge in [-0.15, -0.1) is 0 Å². The lowest BCUT2D eigenvalue weighted by molar-refractivity contribution is 0.0544. The summed E-state index contributed by atoms with van der Waals surface area (Å²) >= 11 is 0. The number of ether oxygens (including phenoxy) is 3. The number of rotatable bonds is 9. The maximum absolute atomic E-state index is 12.6. The number of nitrogens with one attached hydrogen (secondary N) is 2. The van der Waals surface area contributed by atoms with Gasteiger partial charge in [-0.25, -0.2) is 9.59 Å². The van der Waals surface area contributed by atoms with Gasteiger partial charge in [0.05, 0.1) is 19.2 Å².